The highest BCUT2D eigenvalue weighted by molar-refractivity contribution is 7.89. The molecule has 1 atom stereocenters. The summed E-state index contributed by atoms with van der Waals surface area (Å²) in [7, 11) is 0.143. The van der Waals surface area contributed by atoms with Crippen LogP contribution in [0.4, 0.5) is 5.69 Å². The zero-order chi connectivity index (χ0) is 27.9. The Hall–Kier alpha value is -3.80. The third kappa shape index (κ3) is 6.94. The average molecular weight is 563 g/mol. The monoisotopic (exact) mass is 562 g/mol. The first-order valence-electron chi connectivity index (χ1n) is 11.2. The minimum absolute atomic E-state index is 0.00518. The zero-order valence-electron chi connectivity index (χ0n) is 21.1. The molecule has 3 aromatic rings. The van der Waals surface area contributed by atoms with E-state index in [2.05, 4.69) is 10.0 Å². The topological polar surface area (TPSA) is 129 Å². The molecule has 0 spiro atoms. The average Bonchev–Trinajstić information content (AvgIpc) is 2.91. The number of rotatable bonds is 11. The van der Waals surface area contributed by atoms with E-state index in [1.54, 1.807) is 6.92 Å². The van der Waals surface area contributed by atoms with Crippen molar-refractivity contribution in [2.75, 3.05) is 33.3 Å². The van der Waals surface area contributed by atoms with E-state index >= 15 is 0 Å². The van der Waals surface area contributed by atoms with Gasteiger partial charge in [-0.3, -0.25) is 4.79 Å². The smallest absolute Gasteiger partial charge is 0.340 e. The molecule has 0 radical (unpaired) electrons. The predicted molar refractivity (Wildman–Crippen MR) is 142 cm³/mol. The molecule has 0 fully saturated rings. The molecule has 0 unspecified atom stereocenters. The number of benzene rings is 3. The lowest BCUT2D eigenvalue weighted by atomic mass is 10.1. The van der Waals surface area contributed by atoms with Gasteiger partial charge in [-0.15, -0.1) is 0 Å². The van der Waals surface area contributed by atoms with Gasteiger partial charge in [0.05, 0.1) is 42.5 Å². The van der Waals surface area contributed by atoms with Gasteiger partial charge in [0.25, 0.3) is 5.91 Å². The van der Waals surface area contributed by atoms with Gasteiger partial charge >= 0.3 is 5.97 Å². The summed E-state index contributed by atoms with van der Waals surface area (Å²) in [4.78, 5) is 24.7. The van der Waals surface area contributed by atoms with E-state index in [9.17, 15) is 18.0 Å². The van der Waals surface area contributed by atoms with E-state index in [1.165, 1.54) is 51.7 Å². The van der Waals surface area contributed by atoms with Crippen LogP contribution in [0.25, 0.3) is 0 Å². The number of hydrogen-bond donors (Lipinski definition) is 2. The van der Waals surface area contributed by atoms with Crippen molar-refractivity contribution < 1.29 is 37.0 Å². The molecular weight excluding hydrogens is 536 g/mol. The molecule has 0 aliphatic heterocycles. The molecule has 12 heteroatoms. The summed E-state index contributed by atoms with van der Waals surface area (Å²) in [5.41, 5.74) is 0.968. The van der Waals surface area contributed by atoms with Gasteiger partial charge in [-0.05, 0) is 30.7 Å². The summed E-state index contributed by atoms with van der Waals surface area (Å²) >= 11 is 6.25. The molecule has 202 valence electrons. The van der Waals surface area contributed by atoms with Gasteiger partial charge in [0.2, 0.25) is 10.0 Å². The van der Waals surface area contributed by atoms with E-state index in [0.717, 1.165) is 5.56 Å². The first-order valence-corrected chi connectivity index (χ1v) is 13.1. The Kier molecular flexibility index (Phi) is 9.56. The molecule has 0 aromatic heterocycles. The summed E-state index contributed by atoms with van der Waals surface area (Å²) in [6.07, 6.45) is 0. The van der Waals surface area contributed by atoms with Crippen LogP contribution < -0.4 is 24.2 Å². The standard InChI is InChI=1S/C26H27ClN2O8S/c1-16(17-8-6-5-7-9-17)29-38(32,33)18-10-11-22(20(27)12-18)37-15-25(30)28-21-14-24(35-3)23(34-2)13-19(21)26(31)36-4/h5-14,16,29H,15H2,1-4H3,(H,28,30)/t16-/m1/s1. The zero-order valence-corrected chi connectivity index (χ0v) is 22.7. The van der Waals surface area contributed by atoms with Crippen molar-refractivity contribution in [1.82, 2.24) is 4.72 Å². The number of anilines is 1. The fraction of sp³-hybridized carbons (Fsp3) is 0.231. The second-order valence-corrected chi connectivity index (χ2v) is 10.0. The van der Waals surface area contributed by atoms with Crippen molar-refractivity contribution in [2.24, 2.45) is 0 Å². The van der Waals surface area contributed by atoms with E-state index in [0.29, 0.717) is 0 Å². The molecular formula is C26H27ClN2O8S. The van der Waals surface area contributed by atoms with E-state index in [4.69, 9.17) is 30.5 Å². The number of halogens is 1. The summed E-state index contributed by atoms with van der Waals surface area (Å²) in [6.45, 7) is 1.25. The van der Waals surface area contributed by atoms with Gasteiger partial charge in [0.1, 0.15) is 5.75 Å². The minimum atomic E-state index is -3.88. The molecule has 0 aliphatic carbocycles. The normalized spacial score (nSPS) is 11.8. The lowest BCUT2D eigenvalue weighted by Gasteiger charge is -2.16. The first kappa shape index (κ1) is 28.8. The van der Waals surface area contributed by atoms with Gasteiger partial charge < -0.3 is 24.3 Å². The first-order chi connectivity index (χ1) is 18.1. The molecule has 0 heterocycles. The number of esters is 1. The third-order valence-corrected chi connectivity index (χ3v) is 7.24. The summed E-state index contributed by atoms with van der Waals surface area (Å²) in [5, 5.41) is 2.56. The quantitative estimate of drug-likeness (QED) is 0.333. The van der Waals surface area contributed by atoms with E-state index in [1.807, 2.05) is 30.3 Å². The maximum absolute atomic E-state index is 12.8. The Morgan fingerprint density at radius 2 is 1.58 bits per heavy atom. The van der Waals surface area contributed by atoms with Gasteiger partial charge in [-0.1, -0.05) is 41.9 Å². The largest absolute Gasteiger partial charge is 0.493 e. The number of carbonyl (C=O) groups excluding carboxylic acids is 2. The summed E-state index contributed by atoms with van der Waals surface area (Å²) < 4.78 is 48.9. The predicted octanol–water partition coefficient (Wildman–Crippen LogP) is 4.20. The van der Waals surface area contributed by atoms with Crippen LogP contribution in [0.5, 0.6) is 17.2 Å². The third-order valence-electron chi connectivity index (χ3n) is 5.41. The number of amides is 1. The number of ether oxygens (including phenoxy) is 4. The molecule has 10 nitrogen and oxygen atoms in total. The van der Waals surface area contributed by atoms with Crippen LogP contribution in [0.1, 0.15) is 28.9 Å². The van der Waals surface area contributed by atoms with Crippen molar-refractivity contribution in [3.8, 4) is 17.2 Å². The molecule has 0 saturated carbocycles. The fourth-order valence-electron chi connectivity index (χ4n) is 3.47. The Morgan fingerprint density at radius 3 is 2.18 bits per heavy atom. The molecule has 2 N–H and O–H groups in total. The number of nitrogens with one attached hydrogen (secondary N) is 2. The summed E-state index contributed by atoms with van der Waals surface area (Å²) in [5.74, 6) is -0.661. The van der Waals surface area contributed by atoms with E-state index < -0.39 is 34.5 Å². The molecule has 1 amide bonds. The van der Waals surface area contributed by atoms with Gasteiger partial charge in [0, 0.05) is 18.2 Å². The highest BCUT2D eigenvalue weighted by atomic mass is 35.5. The number of hydrogen-bond acceptors (Lipinski definition) is 8. The van der Waals surface area contributed by atoms with Crippen LogP contribution in [0.3, 0.4) is 0 Å². The van der Waals surface area contributed by atoms with Crippen molar-refractivity contribution in [3.05, 3.63) is 76.8 Å². The Morgan fingerprint density at radius 1 is 0.921 bits per heavy atom. The highest BCUT2D eigenvalue weighted by Gasteiger charge is 2.21. The maximum Gasteiger partial charge on any atom is 0.340 e. The van der Waals surface area contributed by atoms with Gasteiger partial charge in [-0.2, -0.15) is 0 Å². The Labute approximate surface area is 225 Å². The van der Waals surface area contributed by atoms with Crippen LogP contribution in [-0.2, 0) is 19.6 Å². The van der Waals surface area contributed by atoms with Crippen molar-refractivity contribution in [3.63, 3.8) is 0 Å². The SMILES string of the molecule is COC(=O)c1cc(OC)c(OC)cc1NC(=O)COc1ccc(S(=O)(=O)N[C@H](C)c2ccccc2)cc1Cl. The van der Waals surface area contributed by atoms with Crippen LogP contribution in [0, 0.1) is 0 Å². The van der Waals surface area contributed by atoms with Crippen molar-refractivity contribution in [1.29, 1.82) is 0 Å². The van der Waals surface area contributed by atoms with Crippen molar-refractivity contribution >= 4 is 39.2 Å². The Bertz CT molecular complexity index is 1410. The van der Waals surface area contributed by atoms with Crippen LogP contribution in [-0.4, -0.2) is 48.2 Å². The van der Waals surface area contributed by atoms with E-state index in [-0.39, 0.29) is 38.4 Å². The van der Waals surface area contributed by atoms with Crippen LogP contribution in [0.2, 0.25) is 5.02 Å². The number of methoxy groups -OCH3 is 3. The van der Waals surface area contributed by atoms with Gasteiger partial charge in [-0.25, -0.2) is 17.9 Å². The second kappa shape index (κ2) is 12.6. The number of carbonyl (C=O) groups is 2. The van der Waals surface area contributed by atoms with Crippen LogP contribution in [0.15, 0.2) is 65.6 Å². The molecule has 0 aliphatic rings. The molecule has 38 heavy (non-hydrogen) atoms. The van der Waals surface area contributed by atoms with Crippen LogP contribution >= 0.6 is 11.6 Å². The second-order valence-electron chi connectivity index (χ2n) is 7.93. The minimum Gasteiger partial charge on any atom is -0.493 e. The maximum atomic E-state index is 12.8. The van der Waals surface area contributed by atoms with Gasteiger partial charge in [0.15, 0.2) is 18.1 Å². The highest BCUT2D eigenvalue weighted by Crippen LogP contribution is 2.34. The Balaban J connectivity index is 1.70. The molecule has 3 rings (SSSR count). The fourth-order valence-corrected chi connectivity index (χ4v) is 5.02. The lowest BCUT2D eigenvalue weighted by Crippen LogP contribution is -2.27. The lowest BCUT2D eigenvalue weighted by molar-refractivity contribution is -0.118. The summed E-state index contributed by atoms with van der Waals surface area (Å²) in [6, 6.07) is 15.4. The van der Waals surface area contributed by atoms with Crippen molar-refractivity contribution in [2.45, 2.75) is 17.9 Å². The number of sulfonamides is 1. The molecule has 0 bridgehead atoms. The molecule has 0 saturated heterocycles. The molecule has 3 aromatic carbocycles.